The Morgan fingerprint density at radius 1 is 1.46 bits per heavy atom. The van der Waals surface area contributed by atoms with E-state index in [9.17, 15) is 9.18 Å². The Bertz CT molecular complexity index is 741. The SMILES string of the molecule is Nc1ccc(C(=NO[C@@H]2CCOC2)C(=O)Nc2ncc(F)s2)cc1. The number of hydrogen-bond acceptors (Lipinski definition) is 7. The maximum absolute atomic E-state index is 13.0. The van der Waals surface area contributed by atoms with Crippen LogP contribution in [0.2, 0.25) is 0 Å². The zero-order valence-corrected chi connectivity index (χ0v) is 13.4. The lowest BCUT2D eigenvalue weighted by Crippen LogP contribution is -2.25. The topological polar surface area (TPSA) is 98.8 Å². The Labute approximate surface area is 141 Å². The van der Waals surface area contributed by atoms with E-state index < -0.39 is 11.0 Å². The summed E-state index contributed by atoms with van der Waals surface area (Å²) in [5, 5.41) is 6.14. The Balaban J connectivity index is 1.81. The van der Waals surface area contributed by atoms with Crippen LogP contribution in [0.4, 0.5) is 15.2 Å². The molecule has 1 aromatic heterocycles. The predicted octanol–water partition coefficient (Wildman–Crippen LogP) is 2.01. The first kappa shape index (κ1) is 16.3. The number of anilines is 2. The zero-order valence-electron chi connectivity index (χ0n) is 12.6. The van der Waals surface area contributed by atoms with Gasteiger partial charge in [-0.15, -0.1) is 0 Å². The highest BCUT2D eigenvalue weighted by atomic mass is 32.1. The van der Waals surface area contributed by atoms with E-state index in [1.165, 1.54) is 0 Å². The van der Waals surface area contributed by atoms with Crippen LogP contribution in [0.5, 0.6) is 0 Å². The molecule has 1 aromatic carbocycles. The zero-order chi connectivity index (χ0) is 16.9. The lowest BCUT2D eigenvalue weighted by Gasteiger charge is -2.09. The molecule has 2 aromatic rings. The number of ether oxygens (including phenoxy) is 1. The van der Waals surface area contributed by atoms with Gasteiger partial charge >= 0.3 is 0 Å². The van der Waals surface area contributed by atoms with E-state index in [0.717, 1.165) is 17.5 Å². The molecule has 126 valence electrons. The Morgan fingerprint density at radius 2 is 2.25 bits per heavy atom. The molecule has 1 aliphatic rings. The number of amides is 1. The molecule has 1 atom stereocenters. The van der Waals surface area contributed by atoms with Crippen molar-refractivity contribution in [1.29, 1.82) is 0 Å². The van der Waals surface area contributed by atoms with E-state index in [1.54, 1.807) is 24.3 Å². The van der Waals surface area contributed by atoms with Crippen LogP contribution in [0.3, 0.4) is 0 Å². The van der Waals surface area contributed by atoms with Gasteiger partial charge in [-0.25, -0.2) is 4.98 Å². The number of thiazole rings is 1. The summed E-state index contributed by atoms with van der Waals surface area (Å²) in [7, 11) is 0. The molecule has 1 aliphatic heterocycles. The third-order valence-electron chi connectivity index (χ3n) is 3.28. The van der Waals surface area contributed by atoms with Gasteiger partial charge in [0.15, 0.2) is 22.1 Å². The number of hydrogen-bond donors (Lipinski definition) is 2. The smallest absolute Gasteiger partial charge is 0.280 e. The fourth-order valence-electron chi connectivity index (χ4n) is 2.06. The number of rotatable bonds is 5. The summed E-state index contributed by atoms with van der Waals surface area (Å²) >= 11 is 0.729. The Morgan fingerprint density at radius 3 is 2.88 bits per heavy atom. The van der Waals surface area contributed by atoms with Gasteiger partial charge < -0.3 is 15.3 Å². The first-order chi connectivity index (χ1) is 11.6. The number of benzene rings is 1. The highest BCUT2D eigenvalue weighted by Gasteiger charge is 2.21. The van der Waals surface area contributed by atoms with Crippen molar-refractivity contribution in [3.8, 4) is 0 Å². The molecule has 7 nitrogen and oxygen atoms in total. The van der Waals surface area contributed by atoms with Crippen LogP contribution in [0.1, 0.15) is 12.0 Å². The first-order valence-electron chi connectivity index (χ1n) is 7.22. The molecule has 9 heteroatoms. The second-order valence-corrected chi connectivity index (χ2v) is 6.06. The van der Waals surface area contributed by atoms with E-state index in [1.807, 2.05) is 0 Å². The molecule has 1 fully saturated rings. The molecule has 1 saturated heterocycles. The van der Waals surface area contributed by atoms with Crippen molar-refractivity contribution in [3.05, 3.63) is 41.2 Å². The van der Waals surface area contributed by atoms with Crippen LogP contribution in [0.15, 0.2) is 35.6 Å². The van der Waals surface area contributed by atoms with Crippen molar-refractivity contribution in [3.63, 3.8) is 0 Å². The molecule has 0 spiro atoms. The summed E-state index contributed by atoms with van der Waals surface area (Å²) in [6, 6.07) is 6.62. The van der Waals surface area contributed by atoms with E-state index in [0.29, 0.717) is 30.9 Å². The van der Waals surface area contributed by atoms with Gasteiger partial charge in [-0.3, -0.25) is 10.1 Å². The first-order valence-corrected chi connectivity index (χ1v) is 8.03. The van der Waals surface area contributed by atoms with Crippen LogP contribution in [-0.2, 0) is 14.4 Å². The molecule has 24 heavy (non-hydrogen) atoms. The average Bonchev–Trinajstić information content (AvgIpc) is 3.21. The number of nitrogens with one attached hydrogen (secondary N) is 1. The second kappa shape index (κ2) is 7.37. The van der Waals surface area contributed by atoms with Crippen molar-refractivity contribution in [1.82, 2.24) is 4.98 Å². The van der Waals surface area contributed by atoms with E-state index in [2.05, 4.69) is 15.5 Å². The van der Waals surface area contributed by atoms with Crippen molar-refractivity contribution >= 4 is 33.8 Å². The van der Waals surface area contributed by atoms with Gasteiger partial charge in [0.05, 0.1) is 19.4 Å². The summed E-state index contributed by atoms with van der Waals surface area (Å²) in [6.45, 7) is 1.03. The minimum absolute atomic E-state index is 0.0532. The van der Waals surface area contributed by atoms with Crippen LogP contribution in [0, 0.1) is 5.13 Å². The minimum atomic E-state index is -0.548. The highest BCUT2D eigenvalue weighted by molar-refractivity contribution is 7.14. The number of carbonyl (C=O) groups excluding carboxylic acids is 1. The molecule has 3 N–H and O–H groups in total. The number of aromatic nitrogens is 1. The maximum atomic E-state index is 13.0. The van der Waals surface area contributed by atoms with Crippen LogP contribution < -0.4 is 11.1 Å². The second-order valence-electron chi connectivity index (χ2n) is 5.08. The van der Waals surface area contributed by atoms with Crippen molar-refractivity contribution in [2.24, 2.45) is 5.16 Å². The van der Waals surface area contributed by atoms with E-state index >= 15 is 0 Å². The highest BCUT2D eigenvalue weighted by Crippen LogP contribution is 2.17. The largest absolute Gasteiger partial charge is 0.399 e. The Hall–Kier alpha value is -2.52. The van der Waals surface area contributed by atoms with Crippen molar-refractivity contribution in [2.45, 2.75) is 12.5 Å². The number of nitrogens with zero attached hydrogens (tertiary/aromatic N) is 2. The van der Waals surface area contributed by atoms with Gasteiger partial charge in [-0.1, -0.05) is 28.6 Å². The van der Waals surface area contributed by atoms with E-state index in [-0.39, 0.29) is 16.9 Å². The van der Waals surface area contributed by atoms with Crippen molar-refractivity contribution < 1.29 is 18.8 Å². The number of carbonyl (C=O) groups is 1. The van der Waals surface area contributed by atoms with Gasteiger partial charge in [0.2, 0.25) is 0 Å². The molecule has 0 radical (unpaired) electrons. The molecule has 1 amide bonds. The number of halogens is 1. The van der Waals surface area contributed by atoms with E-state index in [4.69, 9.17) is 15.3 Å². The molecular formula is C15H15FN4O3S. The average molecular weight is 350 g/mol. The van der Waals surface area contributed by atoms with Crippen molar-refractivity contribution in [2.75, 3.05) is 24.3 Å². The predicted molar refractivity (Wildman–Crippen MR) is 88.4 cm³/mol. The number of oxime groups is 1. The number of nitrogens with two attached hydrogens (primary N) is 1. The maximum Gasteiger partial charge on any atom is 0.280 e. The minimum Gasteiger partial charge on any atom is -0.399 e. The monoisotopic (exact) mass is 350 g/mol. The summed E-state index contributed by atoms with van der Waals surface area (Å²) in [6.07, 6.45) is 1.55. The van der Waals surface area contributed by atoms with Crippen LogP contribution in [0.25, 0.3) is 0 Å². The molecule has 0 bridgehead atoms. The lowest BCUT2D eigenvalue weighted by molar-refractivity contribution is -0.110. The molecule has 0 saturated carbocycles. The summed E-state index contributed by atoms with van der Waals surface area (Å²) < 4.78 is 18.2. The van der Waals surface area contributed by atoms with Gasteiger partial charge in [0, 0.05) is 17.7 Å². The van der Waals surface area contributed by atoms with Crippen LogP contribution in [-0.4, -0.2) is 35.9 Å². The van der Waals surface area contributed by atoms with Gasteiger partial charge in [-0.05, 0) is 12.1 Å². The lowest BCUT2D eigenvalue weighted by atomic mass is 10.1. The Kier molecular flexibility index (Phi) is 5.02. The fourth-order valence-corrected chi connectivity index (χ4v) is 2.60. The van der Waals surface area contributed by atoms with Gasteiger partial charge in [0.1, 0.15) is 0 Å². The third-order valence-corrected chi connectivity index (χ3v) is 3.98. The van der Waals surface area contributed by atoms with Gasteiger partial charge in [0.25, 0.3) is 5.91 Å². The van der Waals surface area contributed by atoms with Crippen LogP contribution >= 0.6 is 11.3 Å². The molecular weight excluding hydrogens is 335 g/mol. The number of nitrogen functional groups attached to an aromatic ring is 1. The normalized spacial score (nSPS) is 17.7. The molecule has 0 unspecified atom stereocenters. The fraction of sp³-hybridized carbons (Fsp3) is 0.267. The third kappa shape index (κ3) is 4.06. The van der Waals surface area contributed by atoms with Gasteiger partial charge in [-0.2, -0.15) is 4.39 Å². The molecule has 2 heterocycles. The summed E-state index contributed by atoms with van der Waals surface area (Å²) in [5.41, 5.74) is 6.80. The molecule has 3 rings (SSSR count). The standard InChI is InChI=1S/C15H15FN4O3S/c16-12-7-18-15(24-12)19-14(21)13(9-1-3-10(17)4-2-9)20-23-11-5-6-22-8-11/h1-4,7,11H,5-6,8,17H2,(H,18,19,21)/t11-/m1/s1. The summed E-state index contributed by atoms with van der Waals surface area (Å²) in [5.74, 6) is -0.548. The molecule has 0 aliphatic carbocycles. The summed E-state index contributed by atoms with van der Waals surface area (Å²) in [4.78, 5) is 21.6. The quantitative estimate of drug-likeness (QED) is 0.488.